The number of hydrogen-bond acceptors (Lipinski definition) is 6. The van der Waals surface area contributed by atoms with Gasteiger partial charge in [-0.2, -0.15) is 4.98 Å². The van der Waals surface area contributed by atoms with E-state index in [1.165, 1.54) is 11.3 Å². The van der Waals surface area contributed by atoms with Crippen molar-refractivity contribution in [2.75, 3.05) is 13.2 Å². The maximum atomic E-state index is 12.5. The van der Waals surface area contributed by atoms with E-state index in [0.717, 1.165) is 24.3 Å². The maximum Gasteiger partial charge on any atom is 0.264 e. The van der Waals surface area contributed by atoms with E-state index in [1.54, 1.807) is 0 Å². The predicted octanol–water partition coefficient (Wildman–Crippen LogP) is 2.64. The van der Waals surface area contributed by atoms with Gasteiger partial charge >= 0.3 is 0 Å². The van der Waals surface area contributed by atoms with Gasteiger partial charge in [0.15, 0.2) is 5.82 Å². The summed E-state index contributed by atoms with van der Waals surface area (Å²) < 4.78 is 10.4. The summed E-state index contributed by atoms with van der Waals surface area (Å²) in [6.07, 6.45) is 1.82. The number of nitrogens with zero attached hydrogens (tertiary/aromatic N) is 3. The molecule has 0 saturated carbocycles. The highest BCUT2D eigenvalue weighted by molar-refractivity contribution is 7.12. The zero-order valence-corrected chi connectivity index (χ0v) is 12.6. The van der Waals surface area contributed by atoms with E-state index in [0.29, 0.717) is 24.9 Å². The number of carbonyl (C=O) groups excluding carboxylic acids is 1. The second-order valence-electron chi connectivity index (χ2n) is 4.82. The molecule has 2 aromatic rings. The van der Waals surface area contributed by atoms with Crippen molar-refractivity contribution >= 4 is 17.2 Å². The van der Waals surface area contributed by atoms with E-state index >= 15 is 0 Å². The standard InChI is InChI=1S/C14H17N3O3S/c1-2-19-9-12-15-13(16-20-12)10-5-3-7-17(10)14(18)11-6-4-8-21-11/h4,6,8,10H,2-3,5,7,9H2,1H3. The van der Waals surface area contributed by atoms with Gasteiger partial charge in [-0.25, -0.2) is 0 Å². The fourth-order valence-corrected chi connectivity index (χ4v) is 3.15. The highest BCUT2D eigenvalue weighted by Gasteiger charge is 2.34. The van der Waals surface area contributed by atoms with Crippen LogP contribution < -0.4 is 0 Å². The Morgan fingerprint density at radius 3 is 3.29 bits per heavy atom. The summed E-state index contributed by atoms with van der Waals surface area (Å²) in [6, 6.07) is 3.63. The van der Waals surface area contributed by atoms with Crippen LogP contribution in [-0.4, -0.2) is 34.1 Å². The molecule has 0 aliphatic carbocycles. The summed E-state index contributed by atoms with van der Waals surface area (Å²) in [6.45, 7) is 3.56. The van der Waals surface area contributed by atoms with E-state index in [2.05, 4.69) is 10.1 Å². The quantitative estimate of drug-likeness (QED) is 0.849. The van der Waals surface area contributed by atoms with E-state index in [1.807, 2.05) is 29.3 Å². The minimum absolute atomic E-state index is 0.0451. The summed E-state index contributed by atoms with van der Waals surface area (Å²) in [5.74, 6) is 1.08. The van der Waals surface area contributed by atoms with Crippen molar-refractivity contribution < 1.29 is 14.1 Å². The third kappa shape index (κ3) is 2.98. The second-order valence-corrected chi connectivity index (χ2v) is 5.77. The van der Waals surface area contributed by atoms with Crippen molar-refractivity contribution in [3.05, 3.63) is 34.1 Å². The molecule has 0 aromatic carbocycles. The lowest BCUT2D eigenvalue weighted by atomic mass is 10.2. The molecule has 1 aliphatic heterocycles. The van der Waals surface area contributed by atoms with Crippen LogP contribution in [0.2, 0.25) is 0 Å². The molecule has 2 aromatic heterocycles. The molecule has 1 saturated heterocycles. The third-order valence-corrected chi connectivity index (χ3v) is 4.31. The van der Waals surface area contributed by atoms with Gasteiger partial charge in [-0.3, -0.25) is 4.79 Å². The predicted molar refractivity (Wildman–Crippen MR) is 77.0 cm³/mol. The van der Waals surface area contributed by atoms with Gasteiger partial charge in [0.25, 0.3) is 11.8 Å². The molecule has 3 rings (SSSR count). The Balaban J connectivity index is 1.74. The van der Waals surface area contributed by atoms with Gasteiger partial charge < -0.3 is 14.2 Å². The first-order valence-corrected chi connectivity index (χ1v) is 7.92. The number of carbonyl (C=O) groups is 1. The fourth-order valence-electron chi connectivity index (χ4n) is 2.47. The molecule has 0 bridgehead atoms. The minimum atomic E-state index is -0.0984. The second kappa shape index (κ2) is 6.36. The zero-order chi connectivity index (χ0) is 14.7. The maximum absolute atomic E-state index is 12.5. The first-order valence-electron chi connectivity index (χ1n) is 7.04. The van der Waals surface area contributed by atoms with E-state index in [4.69, 9.17) is 9.26 Å². The van der Waals surface area contributed by atoms with Crippen LogP contribution in [0.5, 0.6) is 0 Å². The van der Waals surface area contributed by atoms with Crippen molar-refractivity contribution in [1.29, 1.82) is 0 Å². The molecule has 1 atom stereocenters. The monoisotopic (exact) mass is 307 g/mol. The van der Waals surface area contributed by atoms with Crippen molar-refractivity contribution in [3.8, 4) is 0 Å². The van der Waals surface area contributed by atoms with E-state index < -0.39 is 0 Å². The molecule has 0 radical (unpaired) electrons. The van der Waals surface area contributed by atoms with Gasteiger partial charge in [0.05, 0.1) is 10.9 Å². The lowest BCUT2D eigenvalue weighted by Gasteiger charge is -2.21. The normalized spacial score (nSPS) is 18.3. The zero-order valence-electron chi connectivity index (χ0n) is 11.8. The Labute approximate surface area is 126 Å². The molecule has 6 nitrogen and oxygen atoms in total. The van der Waals surface area contributed by atoms with Crippen LogP contribution >= 0.6 is 11.3 Å². The highest BCUT2D eigenvalue weighted by atomic mass is 32.1. The average Bonchev–Trinajstić information content (AvgIpc) is 3.24. The Hall–Kier alpha value is -1.73. The van der Waals surface area contributed by atoms with Crippen LogP contribution in [0.1, 0.15) is 47.2 Å². The van der Waals surface area contributed by atoms with Gasteiger partial charge in [0.2, 0.25) is 0 Å². The van der Waals surface area contributed by atoms with Crippen molar-refractivity contribution in [1.82, 2.24) is 15.0 Å². The average molecular weight is 307 g/mol. The minimum Gasteiger partial charge on any atom is -0.372 e. The Kier molecular flexibility index (Phi) is 4.31. The smallest absolute Gasteiger partial charge is 0.264 e. The Bertz CT molecular complexity index is 596. The Morgan fingerprint density at radius 2 is 2.52 bits per heavy atom. The largest absolute Gasteiger partial charge is 0.372 e. The van der Waals surface area contributed by atoms with Crippen LogP contribution in [0.4, 0.5) is 0 Å². The summed E-state index contributed by atoms with van der Waals surface area (Å²) in [4.78, 5) is 19.4. The van der Waals surface area contributed by atoms with E-state index in [-0.39, 0.29) is 11.9 Å². The lowest BCUT2D eigenvalue weighted by molar-refractivity contribution is 0.0733. The van der Waals surface area contributed by atoms with Crippen molar-refractivity contribution in [3.63, 3.8) is 0 Å². The summed E-state index contributed by atoms with van der Waals surface area (Å²) >= 11 is 1.46. The number of rotatable bonds is 5. The number of amides is 1. The topological polar surface area (TPSA) is 68.5 Å². The van der Waals surface area contributed by atoms with Gasteiger partial charge in [0, 0.05) is 13.2 Å². The van der Waals surface area contributed by atoms with Crippen LogP contribution in [0.25, 0.3) is 0 Å². The number of likely N-dealkylation sites (tertiary alicyclic amines) is 1. The SMILES string of the molecule is CCOCc1nc(C2CCCN2C(=O)c2cccs2)no1. The molecule has 0 spiro atoms. The third-order valence-electron chi connectivity index (χ3n) is 3.46. The molecule has 1 fully saturated rings. The van der Waals surface area contributed by atoms with Crippen LogP contribution in [0.15, 0.2) is 22.0 Å². The lowest BCUT2D eigenvalue weighted by Crippen LogP contribution is -2.30. The molecular formula is C14H17N3O3S. The molecule has 3 heterocycles. The number of thiophene rings is 1. The molecule has 1 unspecified atom stereocenters. The molecule has 21 heavy (non-hydrogen) atoms. The number of aromatic nitrogens is 2. The number of ether oxygens (including phenoxy) is 1. The molecule has 1 aliphatic rings. The fraction of sp³-hybridized carbons (Fsp3) is 0.500. The highest BCUT2D eigenvalue weighted by Crippen LogP contribution is 2.32. The van der Waals surface area contributed by atoms with E-state index in [9.17, 15) is 4.79 Å². The molecule has 7 heteroatoms. The van der Waals surface area contributed by atoms with Gasteiger partial charge in [0.1, 0.15) is 6.61 Å². The van der Waals surface area contributed by atoms with Crippen LogP contribution in [-0.2, 0) is 11.3 Å². The van der Waals surface area contributed by atoms with Crippen LogP contribution in [0.3, 0.4) is 0 Å². The first-order chi connectivity index (χ1) is 10.3. The molecule has 112 valence electrons. The molecule has 1 amide bonds. The summed E-state index contributed by atoms with van der Waals surface area (Å²) in [5, 5.41) is 5.92. The van der Waals surface area contributed by atoms with Crippen molar-refractivity contribution in [2.24, 2.45) is 0 Å². The van der Waals surface area contributed by atoms with Crippen LogP contribution in [0, 0.1) is 0 Å². The van der Waals surface area contributed by atoms with Gasteiger partial charge in [-0.15, -0.1) is 11.3 Å². The summed E-state index contributed by atoms with van der Waals surface area (Å²) in [7, 11) is 0. The Morgan fingerprint density at radius 1 is 1.62 bits per heavy atom. The summed E-state index contributed by atoms with van der Waals surface area (Å²) in [5.41, 5.74) is 0. The van der Waals surface area contributed by atoms with Crippen molar-refractivity contribution in [2.45, 2.75) is 32.4 Å². The number of hydrogen-bond donors (Lipinski definition) is 0. The van der Waals surface area contributed by atoms with Gasteiger partial charge in [-0.05, 0) is 31.2 Å². The molecular weight excluding hydrogens is 290 g/mol. The molecule has 0 N–H and O–H groups in total. The first kappa shape index (κ1) is 14.2. The van der Waals surface area contributed by atoms with Gasteiger partial charge in [-0.1, -0.05) is 11.2 Å².